The number of halogens is 6. The summed E-state index contributed by atoms with van der Waals surface area (Å²) >= 11 is 0. The molecule has 2 aromatic rings. The summed E-state index contributed by atoms with van der Waals surface area (Å²) in [6.07, 6.45) is -9.88. The van der Waals surface area contributed by atoms with E-state index in [1.807, 2.05) is 12.1 Å². The summed E-state index contributed by atoms with van der Waals surface area (Å²) in [6.45, 7) is 3.47. The van der Waals surface area contributed by atoms with E-state index >= 15 is 0 Å². The molecule has 0 radical (unpaired) electrons. The molecule has 2 bridgehead atoms. The molecule has 2 aliphatic rings. The highest BCUT2D eigenvalue weighted by atomic mass is 32.2. The van der Waals surface area contributed by atoms with Crippen LogP contribution in [0.1, 0.15) is 23.1 Å². The average Bonchev–Trinajstić information content (AvgIpc) is 3.32. The van der Waals surface area contributed by atoms with Crippen LogP contribution in [0.25, 0.3) is 11.1 Å². The summed E-state index contributed by atoms with van der Waals surface area (Å²) in [6, 6.07) is 9.08. The van der Waals surface area contributed by atoms with Crippen molar-refractivity contribution >= 4 is 10.0 Å². The molecule has 35 heavy (non-hydrogen) atoms. The van der Waals surface area contributed by atoms with Crippen LogP contribution in [-0.2, 0) is 22.2 Å². The fourth-order valence-corrected chi connectivity index (χ4v) is 6.21. The molecule has 2 saturated heterocycles. The lowest BCUT2D eigenvalue weighted by molar-refractivity contribution is -0.376. The Morgan fingerprint density at radius 3 is 2.00 bits per heavy atom. The van der Waals surface area contributed by atoms with Crippen molar-refractivity contribution in [3.8, 4) is 11.1 Å². The molecule has 192 valence electrons. The van der Waals surface area contributed by atoms with Crippen LogP contribution in [0.2, 0.25) is 0 Å². The molecule has 0 saturated carbocycles. The quantitative estimate of drug-likeness (QED) is 0.599. The maximum atomic E-state index is 13.1. The van der Waals surface area contributed by atoms with Gasteiger partial charge in [-0.15, -0.1) is 0 Å². The second kappa shape index (κ2) is 8.46. The van der Waals surface area contributed by atoms with Gasteiger partial charge in [-0.1, -0.05) is 42.5 Å². The Morgan fingerprint density at radius 1 is 0.943 bits per heavy atom. The van der Waals surface area contributed by atoms with Crippen molar-refractivity contribution < 1.29 is 39.9 Å². The van der Waals surface area contributed by atoms with E-state index in [0.29, 0.717) is 42.9 Å². The van der Waals surface area contributed by atoms with Gasteiger partial charge in [0, 0.05) is 37.3 Å². The smallest absolute Gasteiger partial charge is 0.369 e. The molecule has 2 aliphatic heterocycles. The Kier molecular flexibility index (Phi) is 6.27. The summed E-state index contributed by atoms with van der Waals surface area (Å²) in [5.41, 5.74) is -3.48. The zero-order valence-corrected chi connectivity index (χ0v) is 19.7. The van der Waals surface area contributed by atoms with Gasteiger partial charge >= 0.3 is 12.4 Å². The van der Waals surface area contributed by atoms with Gasteiger partial charge in [-0.3, -0.25) is 4.90 Å². The van der Waals surface area contributed by atoms with E-state index in [0.717, 1.165) is 29.7 Å². The Hall–Kier alpha value is -2.15. The lowest BCUT2D eigenvalue weighted by Crippen LogP contribution is -2.53. The molecule has 1 N–H and O–H groups in total. The molecule has 2 aromatic carbocycles. The highest BCUT2D eigenvalue weighted by molar-refractivity contribution is 7.88. The minimum atomic E-state index is -5.93. The number of nitrogens with zero attached hydrogens (tertiary/aromatic N) is 2. The summed E-state index contributed by atoms with van der Waals surface area (Å²) in [5.74, 6) is 0. The number of likely N-dealkylation sites (tertiary alicyclic amines) is 1. The average molecular weight is 523 g/mol. The van der Waals surface area contributed by atoms with Gasteiger partial charge in [0.15, 0.2) is 0 Å². The molecule has 2 fully saturated rings. The zero-order chi connectivity index (χ0) is 26.0. The van der Waals surface area contributed by atoms with E-state index in [9.17, 15) is 39.9 Å². The van der Waals surface area contributed by atoms with Gasteiger partial charge in [-0.05, 0) is 35.6 Å². The Bertz CT molecular complexity index is 1200. The maximum absolute atomic E-state index is 13.1. The third-order valence-electron chi connectivity index (χ3n) is 6.84. The number of piperazine rings is 1. The predicted octanol–water partition coefficient (Wildman–Crippen LogP) is 4.19. The van der Waals surface area contributed by atoms with Gasteiger partial charge in [-0.25, -0.2) is 8.42 Å². The largest absolute Gasteiger partial charge is 0.430 e. The lowest BCUT2D eigenvalue weighted by atomic mass is 9.90. The van der Waals surface area contributed by atoms with Gasteiger partial charge < -0.3 is 5.11 Å². The third kappa shape index (κ3) is 4.56. The second-order valence-corrected chi connectivity index (χ2v) is 11.2. The van der Waals surface area contributed by atoms with Crippen LogP contribution in [0.5, 0.6) is 0 Å². The standard InChI is InChI=1S/C23H24F6N2O3S/c1-14-9-15(11-30-12-19-10-18(30)13-31(19)35(2,33)34)3-8-20(14)16-4-6-17(7-5-16)21(32,22(24,25)26)23(27,28)29/h3-9,18-19,32H,10-13H2,1-2H3. The van der Waals surface area contributed by atoms with Crippen molar-refractivity contribution in [1.29, 1.82) is 0 Å². The molecule has 0 amide bonds. The summed E-state index contributed by atoms with van der Waals surface area (Å²) in [7, 11) is -3.24. The molecular formula is C23H24F6N2O3S. The van der Waals surface area contributed by atoms with E-state index in [1.54, 1.807) is 13.0 Å². The van der Waals surface area contributed by atoms with Crippen LogP contribution in [0.4, 0.5) is 26.3 Å². The first kappa shape index (κ1) is 25.9. The van der Waals surface area contributed by atoms with E-state index in [-0.39, 0.29) is 12.1 Å². The maximum Gasteiger partial charge on any atom is 0.430 e. The number of aliphatic hydroxyl groups is 1. The number of hydrogen-bond donors (Lipinski definition) is 1. The van der Waals surface area contributed by atoms with Crippen molar-refractivity contribution in [2.75, 3.05) is 19.3 Å². The summed E-state index contributed by atoms with van der Waals surface area (Å²) in [4.78, 5) is 2.21. The van der Waals surface area contributed by atoms with Crippen molar-refractivity contribution in [2.24, 2.45) is 0 Å². The number of rotatable bonds is 5. The SMILES string of the molecule is Cc1cc(CN2CC3CC2CN3S(C)(=O)=O)ccc1-c1ccc(C(O)(C(F)(F)F)C(F)(F)F)cc1. The first-order chi connectivity index (χ1) is 16.0. The van der Waals surface area contributed by atoms with Crippen molar-refractivity contribution in [2.45, 2.75) is 49.9 Å². The monoisotopic (exact) mass is 522 g/mol. The van der Waals surface area contributed by atoms with Crippen LogP contribution in [0.15, 0.2) is 42.5 Å². The Balaban J connectivity index is 1.51. The van der Waals surface area contributed by atoms with Gasteiger partial charge in [-0.2, -0.15) is 30.6 Å². The molecule has 2 atom stereocenters. The Labute approximate surface area is 199 Å². The van der Waals surface area contributed by atoms with Crippen molar-refractivity contribution in [3.05, 3.63) is 59.2 Å². The fourth-order valence-electron chi connectivity index (χ4n) is 5.07. The first-order valence-corrected chi connectivity index (χ1v) is 12.6. The molecular weight excluding hydrogens is 498 g/mol. The normalized spacial score (nSPS) is 22.2. The Morgan fingerprint density at radius 2 is 1.54 bits per heavy atom. The van der Waals surface area contributed by atoms with Crippen molar-refractivity contribution in [3.63, 3.8) is 0 Å². The fraction of sp³-hybridized carbons (Fsp3) is 0.478. The molecule has 0 aromatic heterocycles. The molecule has 0 spiro atoms. The molecule has 2 heterocycles. The lowest BCUT2D eigenvalue weighted by Gasteiger charge is -2.33. The van der Waals surface area contributed by atoms with Crippen LogP contribution < -0.4 is 0 Å². The topological polar surface area (TPSA) is 60.9 Å². The minimum Gasteiger partial charge on any atom is -0.369 e. The minimum absolute atomic E-state index is 0.0408. The van der Waals surface area contributed by atoms with Gasteiger partial charge in [0.05, 0.1) is 6.26 Å². The number of aryl methyl sites for hydroxylation is 1. The van der Waals surface area contributed by atoms with Crippen LogP contribution in [-0.4, -0.2) is 66.5 Å². The summed E-state index contributed by atoms with van der Waals surface area (Å²) in [5, 5.41) is 9.56. The highest BCUT2D eigenvalue weighted by Crippen LogP contribution is 2.50. The van der Waals surface area contributed by atoms with E-state index in [4.69, 9.17) is 0 Å². The van der Waals surface area contributed by atoms with Gasteiger partial charge in [0.25, 0.3) is 5.60 Å². The van der Waals surface area contributed by atoms with Gasteiger partial charge in [0.2, 0.25) is 10.0 Å². The van der Waals surface area contributed by atoms with Crippen LogP contribution in [0.3, 0.4) is 0 Å². The van der Waals surface area contributed by atoms with Crippen LogP contribution >= 0.6 is 0 Å². The van der Waals surface area contributed by atoms with E-state index in [2.05, 4.69) is 4.90 Å². The molecule has 2 unspecified atom stereocenters. The third-order valence-corrected chi connectivity index (χ3v) is 8.14. The predicted molar refractivity (Wildman–Crippen MR) is 117 cm³/mol. The van der Waals surface area contributed by atoms with Crippen LogP contribution in [0, 0.1) is 6.92 Å². The molecule has 5 nitrogen and oxygen atoms in total. The molecule has 4 rings (SSSR count). The van der Waals surface area contributed by atoms with Crippen molar-refractivity contribution in [1.82, 2.24) is 9.21 Å². The van der Waals surface area contributed by atoms with E-state index < -0.39 is 33.5 Å². The first-order valence-electron chi connectivity index (χ1n) is 10.8. The molecule has 0 aliphatic carbocycles. The number of sulfonamides is 1. The summed E-state index contributed by atoms with van der Waals surface area (Å²) < 4.78 is 104. The number of fused-ring (bicyclic) bond motifs is 2. The van der Waals surface area contributed by atoms with E-state index in [1.165, 1.54) is 10.6 Å². The number of hydrogen-bond acceptors (Lipinski definition) is 4. The zero-order valence-electron chi connectivity index (χ0n) is 18.9. The number of benzene rings is 2. The number of alkyl halides is 6. The second-order valence-electron chi connectivity index (χ2n) is 9.24. The van der Waals surface area contributed by atoms with Gasteiger partial charge in [0.1, 0.15) is 0 Å². The molecule has 12 heteroatoms. The highest BCUT2D eigenvalue weighted by Gasteiger charge is 2.71.